The normalized spacial score (nSPS) is 10.7. The van der Waals surface area contributed by atoms with Gasteiger partial charge in [-0.05, 0) is 24.3 Å². The molecule has 0 spiro atoms. The van der Waals surface area contributed by atoms with Gasteiger partial charge in [-0.2, -0.15) is 0 Å². The van der Waals surface area contributed by atoms with Crippen LogP contribution in [0.4, 0.5) is 0 Å². The van der Waals surface area contributed by atoms with E-state index in [4.69, 9.17) is 0 Å². The van der Waals surface area contributed by atoms with Crippen LogP contribution in [-0.2, 0) is 0 Å². The summed E-state index contributed by atoms with van der Waals surface area (Å²) >= 11 is 0. The summed E-state index contributed by atoms with van der Waals surface area (Å²) in [5.41, 5.74) is 2.45. The van der Waals surface area contributed by atoms with Gasteiger partial charge >= 0.3 is 0 Å². The Hall–Kier alpha value is -2.82. The van der Waals surface area contributed by atoms with E-state index in [1.807, 2.05) is 12.1 Å². The van der Waals surface area contributed by atoms with Crippen molar-refractivity contribution >= 4 is 16.9 Å². The van der Waals surface area contributed by atoms with Gasteiger partial charge in [-0.1, -0.05) is 18.2 Å². The molecule has 0 bridgehead atoms. The van der Waals surface area contributed by atoms with Crippen LogP contribution in [0.5, 0.6) is 5.75 Å². The van der Waals surface area contributed by atoms with E-state index in [0.29, 0.717) is 22.5 Å². The number of imidazole rings is 1. The third kappa shape index (κ3) is 1.89. The molecule has 0 saturated carbocycles. The van der Waals surface area contributed by atoms with Crippen molar-refractivity contribution in [3.8, 4) is 17.1 Å². The molecule has 0 atom stereocenters. The van der Waals surface area contributed by atoms with Crippen LogP contribution in [0.1, 0.15) is 10.4 Å². The first kappa shape index (κ1) is 12.2. The number of fused-ring (bicyclic) bond motifs is 1. The molecule has 2 aromatic carbocycles. The van der Waals surface area contributed by atoms with Gasteiger partial charge in [-0.25, -0.2) is 4.98 Å². The Labute approximate surface area is 115 Å². The van der Waals surface area contributed by atoms with E-state index >= 15 is 0 Å². The number of phenols is 1. The SMILES string of the molecule is CNC(=O)c1cccc2[nH]c(-c3ccccc3O)nc12. The number of hydrogen-bond acceptors (Lipinski definition) is 3. The first-order valence-corrected chi connectivity index (χ1v) is 6.20. The Morgan fingerprint density at radius 2 is 2.00 bits per heavy atom. The van der Waals surface area contributed by atoms with Crippen molar-refractivity contribution in [3.05, 3.63) is 48.0 Å². The predicted octanol–water partition coefficient (Wildman–Crippen LogP) is 2.30. The van der Waals surface area contributed by atoms with E-state index in [1.165, 1.54) is 0 Å². The zero-order valence-electron chi connectivity index (χ0n) is 10.8. The highest BCUT2D eigenvalue weighted by Gasteiger charge is 2.14. The Bertz CT molecular complexity index is 793. The molecule has 0 aliphatic heterocycles. The summed E-state index contributed by atoms with van der Waals surface area (Å²) in [6, 6.07) is 12.3. The lowest BCUT2D eigenvalue weighted by atomic mass is 10.2. The number of carbonyl (C=O) groups is 1. The predicted molar refractivity (Wildman–Crippen MR) is 76.6 cm³/mol. The number of nitrogens with zero attached hydrogens (tertiary/aromatic N) is 1. The summed E-state index contributed by atoms with van der Waals surface area (Å²) in [6.07, 6.45) is 0. The Kier molecular flexibility index (Phi) is 2.87. The lowest BCUT2D eigenvalue weighted by Crippen LogP contribution is -2.18. The number of amides is 1. The topological polar surface area (TPSA) is 78.0 Å². The van der Waals surface area contributed by atoms with Gasteiger partial charge in [0.2, 0.25) is 0 Å². The highest BCUT2D eigenvalue weighted by atomic mass is 16.3. The maximum Gasteiger partial charge on any atom is 0.253 e. The van der Waals surface area contributed by atoms with Crippen LogP contribution in [0.15, 0.2) is 42.5 Å². The molecule has 100 valence electrons. The lowest BCUT2D eigenvalue weighted by molar-refractivity contribution is 0.0964. The Balaban J connectivity index is 2.21. The first-order valence-electron chi connectivity index (χ1n) is 6.20. The number of para-hydroxylation sites is 2. The van der Waals surface area contributed by atoms with E-state index < -0.39 is 0 Å². The zero-order valence-corrected chi connectivity index (χ0v) is 10.8. The van der Waals surface area contributed by atoms with Crippen LogP contribution in [0.2, 0.25) is 0 Å². The second kappa shape index (κ2) is 4.70. The fourth-order valence-electron chi connectivity index (χ4n) is 2.15. The van der Waals surface area contributed by atoms with Gasteiger partial charge < -0.3 is 15.4 Å². The summed E-state index contributed by atoms with van der Waals surface area (Å²) in [6.45, 7) is 0. The molecule has 20 heavy (non-hydrogen) atoms. The van der Waals surface area contributed by atoms with Gasteiger partial charge in [0.1, 0.15) is 17.1 Å². The van der Waals surface area contributed by atoms with E-state index in [0.717, 1.165) is 5.52 Å². The molecule has 0 saturated heterocycles. The third-order valence-corrected chi connectivity index (χ3v) is 3.14. The number of H-pyrrole nitrogens is 1. The van der Waals surface area contributed by atoms with Crippen molar-refractivity contribution in [1.82, 2.24) is 15.3 Å². The zero-order chi connectivity index (χ0) is 14.1. The van der Waals surface area contributed by atoms with Gasteiger partial charge in [0.25, 0.3) is 5.91 Å². The largest absolute Gasteiger partial charge is 0.507 e. The summed E-state index contributed by atoms with van der Waals surface area (Å²) < 4.78 is 0. The molecule has 0 unspecified atom stereocenters. The van der Waals surface area contributed by atoms with E-state index in [2.05, 4.69) is 15.3 Å². The van der Waals surface area contributed by atoms with Crippen molar-refractivity contribution in [2.45, 2.75) is 0 Å². The van der Waals surface area contributed by atoms with Crippen molar-refractivity contribution in [2.75, 3.05) is 7.05 Å². The molecule has 1 aromatic heterocycles. The lowest BCUT2D eigenvalue weighted by Gasteiger charge is -1.99. The van der Waals surface area contributed by atoms with Gasteiger partial charge in [-0.15, -0.1) is 0 Å². The quantitative estimate of drug-likeness (QED) is 0.666. The number of aromatic amines is 1. The fourth-order valence-corrected chi connectivity index (χ4v) is 2.15. The average molecular weight is 267 g/mol. The molecule has 5 nitrogen and oxygen atoms in total. The minimum absolute atomic E-state index is 0.146. The summed E-state index contributed by atoms with van der Waals surface area (Å²) in [5.74, 6) is 0.494. The van der Waals surface area contributed by atoms with Gasteiger partial charge in [0.15, 0.2) is 0 Å². The number of phenolic OH excluding ortho intramolecular Hbond substituents is 1. The van der Waals surface area contributed by atoms with Crippen LogP contribution < -0.4 is 5.32 Å². The molecule has 0 fully saturated rings. The van der Waals surface area contributed by atoms with Crippen LogP contribution in [0, 0.1) is 0 Å². The molecule has 0 aliphatic rings. The summed E-state index contributed by atoms with van der Waals surface area (Å²) in [5, 5.41) is 12.5. The molecule has 3 aromatic rings. The van der Waals surface area contributed by atoms with Crippen molar-refractivity contribution in [2.24, 2.45) is 0 Å². The van der Waals surface area contributed by atoms with E-state index in [9.17, 15) is 9.90 Å². The summed E-state index contributed by atoms with van der Waals surface area (Å²) in [7, 11) is 1.58. The molecule has 3 N–H and O–H groups in total. The number of aromatic hydroxyl groups is 1. The maximum atomic E-state index is 11.8. The molecule has 1 heterocycles. The average Bonchev–Trinajstić information content (AvgIpc) is 2.90. The minimum atomic E-state index is -0.189. The van der Waals surface area contributed by atoms with Crippen molar-refractivity contribution in [1.29, 1.82) is 0 Å². The Morgan fingerprint density at radius 3 is 2.75 bits per heavy atom. The van der Waals surface area contributed by atoms with Crippen LogP contribution in [0.3, 0.4) is 0 Å². The smallest absolute Gasteiger partial charge is 0.253 e. The Morgan fingerprint density at radius 1 is 1.20 bits per heavy atom. The van der Waals surface area contributed by atoms with Crippen LogP contribution in [0.25, 0.3) is 22.4 Å². The highest BCUT2D eigenvalue weighted by Crippen LogP contribution is 2.28. The second-order valence-corrected chi connectivity index (χ2v) is 4.38. The molecular weight excluding hydrogens is 254 g/mol. The molecule has 3 rings (SSSR count). The number of hydrogen-bond donors (Lipinski definition) is 3. The van der Waals surface area contributed by atoms with Crippen molar-refractivity contribution < 1.29 is 9.90 Å². The van der Waals surface area contributed by atoms with Crippen LogP contribution in [-0.4, -0.2) is 28.0 Å². The van der Waals surface area contributed by atoms with E-state index in [-0.39, 0.29) is 11.7 Å². The molecular formula is C15H13N3O2. The van der Waals surface area contributed by atoms with Gasteiger partial charge in [0, 0.05) is 7.05 Å². The second-order valence-electron chi connectivity index (χ2n) is 4.38. The molecule has 0 aliphatic carbocycles. The molecule has 5 heteroatoms. The van der Waals surface area contributed by atoms with E-state index in [1.54, 1.807) is 37.4 Å². The monoisotopic (exact) mass is 267 g/mol. The molecule has 0 radical (unpaired) electrons. The third-order valence-electron chi connectivity index (χ3n) is 3.14. The number of carbonyl (C=O) groups excluding carboxylic acids is 1. The standard InChI is InChI=1S/C15H13N3O2/c1-16-15(20)10-6-4-7-11-13(10)18-14(17-11)9-5-2-3-8-12(9)19/h2-8,19H,1H3,(H,16,20)(H,17,18). The molecule has 1 amide bonds. The minimum Gasteiger partial charge on any atom is -0.507 e. The number of nitrogens with one attached hydrogen (secondary N) is 2. The van der Waals surface area contributed by atoms with Gasteiger partial charge in [-0.3, -0.25) is 4.79 Å². The number of rotatable bonds is 2. The maximum absolute atomic E-state index is 11.8. The first-order chi connectivity index (χ1) is 9.70. The van der Waals surface area contributed by atoms with Gasteiger partial charge in [0.05, 0.1) is 16.6 Å². The number of benzene rings is 2. The summed E-state index contributed by atoms with van der Waals surface area (Å²) in [4.78, 5) is 19.4. The number of aromatic nitrogens is 2. The fraction of sp³-hybridized carbons (Fsp3) is 0.0667. The van der Waals surface area contributed by atoms with Crippen LogP contribution >= 0.6 is 0 Å². The highest BCUT2D eigenvalue weighted by molar-refractivity contribution is 6.05. The van der Waals surface area contributed by atoms with Crippen molar-refractivity contribution in [3.63, 3.8) is 0 Å².